The van der Waals surface area contributed by atoms with Crippen LogP contribution in [0.4, 0.5) is 0 Å². The van der Waals surface area contributed by atoms with Crippen molar-refractivity contribution in [3.8, 4) is 0 Å². The first-order chi connectivity index (χ1) is 7.06. The number of hydrogen-bond acceptors (Lipinski definition) is 1. The Kier molecular flexibility index (Phi) is 4.94. The zero-order valence-electron chi connectivity index (χ0n) is 8.57. The van der Waals surface area contributed by atoms with Crippen LogP contribution in [-0.4, -0.2) is 13.6 Å². The molecule has 0 saturated carbocycles. The first-order valence-electron chi connectivity index (χ1n) is 4.51. The van der Waals surface area contributed by atoms with E-state index in [9.17, 15) is 0 Å². The maximum Gasteiger partial charge on any atom is 0.0679 e. The van der Waals surface area contributed by atoms with E-state index >= 15 is 0 Å². The molecule has 0 radical (unpaired) electrons. The second-order valence-electron chi connectivity index (χ2n) is 3.28. The molecule has 0 bridgehead atoms. The largest absolute Gasteiger partial charge is 0.316 e. The summed E-state index contributed by atoms with van der Waals surface area (Å²) in [4.78, 5) is 0. The minimum absolute atomic E-state index is 0.500. The Balaban J connectivity index is 3.13. The minimum Gasteiger partial charge on any atom is -0.316 e. The van der Waals surface area contributed by atoms with E-state index in [0.717, 1.165) is 17.7 Å². The molecule has 0 heterocycles. The molecule has 0 unspecified atom stereocenters. The lowest BCUT2D eigenvalue weighted by Gasteiger charge is -2.06. The number of halogens is 3. The van der Waals surface area contributed by atoms with E-state index in [4.69, 9.17) is 34.8 Å². The average Bonchev–Trinajstić information content (AvgIpc) is 2.19. The van der Waals surface area contributed by atoms with Crippen LogP contribution in [0.15, 0.2) is 17.7 Å². The number of rotatable bonds is 3. The highest BCUT2D eigenvalue weighted by Gasteiger charge is 2.07. The molecule has 82 valence electrons. The van der Waals surface area contributed by atoms with E-state index in [1.165, 1.54) is 0 Å². The van der Waals surface area contributed by atoms with Crippen LogP contribution in [0.25, 0.3) is 6.08 Å². The monoisotopic (exact) mass is 263 g/mol. The van der Waals surface area contributed by atoms with Gasteiger partial charge in [-0.05, 0) is 26.1 Å². The number of benzene rings is 1. The molecule has 0 atom stereocenters. The maximum atomic E-state index is 6.06. The minimum atomic E-state index is 0.500. The topological polar surface area (TPSA) is 12.0 Å². The standard InChI is InChI=1S/C11H12Cl3N/c1-7(6-15-2)5-8-9(12)3-4-10(13)11(8)14/h3-5,15H,6H2,1-2H3/b7-5+. The van der Waals surface area contributed by atoms with Gasteiger partial charge in [-0.3, -0.25) is 0 Å². The second-order valence-corrected chi connectivity index (χ2v) is 4.47. The lowest BCUT2D eigenvalue weighted by molar-refractivity contribution is 0.884. The van der Waals surface area contributed by atoms with E-state index < -0.39 is 0 Å². The van der Waals surface area contributed by atoms with Gasteiger partial charge in [-0.25, -0.2) is 0 Å². The fourth-order valence-corrected chi connectivity index (χ4v) is 1.90. The van der Waals surface area contributed by atoms with Gasteiger partial charge in [0.2, 0.25) is 0 Å². The summed E-state index contributed by atoms with van der Waals surface area (Å²) in [6.07, 6.45) is 1.94. The van der Waals surface area contributed by atoms with Crippen molar-refractivity contribution in [2.75, 3.05) is 13.6 Å². The van der Waals surface area contributed by atoms with Crippen molar-refractivity contribution in [2.24, 2.45) is 0 Å². The van der Waals surface area contributed by atoms with Gasteiger partial charge in [0.15, 0.2) is 0 Å². The Morgan fingerprint density at radius 2 is 1.87 bits per heavy atom. The van der Waals surface area contributed by atoms with Crippen molar-refractivity contribution >= 4 is 40.9 Å². The molecule has 0 spiro atoms. The molecule has 1 aromatic carbocycles. The Morgan fingerprint density at radius 1 is 1.27 bits per heavy atom. The quantitative estimate of drug-likeness (QED) is 0.804. The summed E-state index contributed by atoms with van der Waals surface area (Å²) in [7, 11) is 1.89. The summed E-state index contributed by atoms with van der Waals surface area (Å²) in [6.45, 7) is 2.79. The number of nitrogens with one attached hydrogen (secondary N) is 1. The van der Waals surface area contributed by atoms with Gasteiger partial charge >= 0.3 is 0 Å². The Labute approximate surface area is 105 Å². The van der Waals surface area contributed by atoms with Crippen LogP contribution in [0.5, 0.6) is 0 Å². The maximum absolute atomic E-state index is 6.06. The van der Waals surface area contributed by atoms with E-state index in [-0.39, 0.29) is 0 Å². The highest BCUT2D eigenvalue weighted by atomic mass is 35.5. The van der Waals surface area contributed by atoms with Crippen molar-refractivity contribution in [1.82, 2.24) is 5.32 Å². The second kappa shape index (κ2) is 5.76. The third kappa shape index (κ3) is 3.39. The molecule has 0 fully saturated rings. The van der Waals surface area contributed by atoms with Crippen LogP contribution in [0.3, 0.4) is 0 Å². The first-order valence-corrected chi connectivity index (χ1v) is 5.65. The fraction of sp³-hybridized carbons (Fsp3) is 0.273. The van der Waals surface area contributed by atoms with Crippen molar-refractivity contribution in [3.63, 3.8) is 0 Å². The van der Waals surface area contributed by atoms with Crippen LogP contribution in [0.1, 0.15) is 12.5 Å². The van der Waals surface area contributed by atoms with Gasteiger partial charge in [0.25, 0.3) is 0 Å². The third-order valence-corrected chi connectivity index (χ3v) is 3.07. The highest BCUT2D eigenvalue weighted by molar-refractivity contribution is 6.44. The molecule has 1 aromatic rings. The highest BCUT2D eigenvalue weighted by Crippen LogP contribution is 2.32. The van der Waals surface area contributed by atoms with Crippen LogP contribution in [0, 0.1) is 0 Å². The molecule has 0 aromatic heterocycles. The van der Waals surface area contributed by atoms with E-state index in [0.29, 0.717) is 15.1 Å². The van der Waals surface area contributed by atoms with Crippen molar-refractivity contribution in [2.45, 2.75) is 6.92 Å². The summed E-state index contributed by atoms with van der Waals surface area (Å²) in [5, 5.41) is 4.68. The number of likely N-dealkylation sites (N-methyl/N-ethyl adjacent to an activating group) is 1. The van der Waals surface area contributed by atoms with Crippen LogP contribution in [0.2, 0.25) is 15.1 Å². The molecule has 1 N–H and O–H groups in total. The summed E-state index contributed by atoms with van der Waals surface area (Å²) < 4.78 is 0. The average molecular weight is 265 g/mol. The normalized spacial score (nSPS) is 11.9. The molecule has 4 heteroatoms. The summed E-state index contributed by atoms with van der Waals surface area (Å²) in [6, 6.07) is 3.44. The van der Waals surface area contributed by atoms with E-state index in [2.05, 4.69) is 5.32 Å². The van der Waals surface area contributed by atoms with Gasteiger partial charge in [0.05, 0.1) is 10.0 Å². The first kappa shape index (κ1) is 12.9. The third-order valence-electron chi connectivity index (χ3n) is 1.93. The molecule has 0 amide bonds. The van der Waals surface area contributed by atoms with E-state index in [1.807, 2.05) is 20.0 Å². The Morgan fingerprint density at radius 3 is 2.47 bits per heavy atom. The summed E-state index contributed by atoms with van der Waals surface area (Å²) in [5.74, 6) is 0. The van der Waals surface area contributed by atoms with Crippen molar-refractivity contribution in [1.29, 1.82) is 0 Å². The van der Waals surface area contributed by atoms with Crippen molar-refractivity contribution < 1.29 is 0 Å². The molecule has 0 aliphatic carbocycles. The fourth-order valence-electron chi connectivity index (χ4n) is 1.25. The SMILES string of the molecule is CNC/C(C)=C/c1c(Cl)ccc(Cl)c1Cl. The predicted molar refractivity (Wildman–Crippen MR) is 69.0 cm³/mol. The van der Waals surface area contributed by atoms with Crippen LogP contribution < -0.4 is 5.32 Å². The Hall–Kier alpha value is -0.210. The predicted octanol–water partition coefficient (Wildman–Crippen LogP) is 4.27. The molecule has 15 heavy (non-hydrogen) atoms. The van der Waals surface area contributed by atoms with Gasteiger partial charge < -0.3 is 5.32 Å². The molecule has 0 aliphatic rings. The zero-order valence-corrected chi connectivity index (χ0v) is 10.8. The lowest BCUT2D eigenvalue weighted by Crippen LogP contribution is -2.08. The molecule has 0 aliphatic heterocycles. The summed E-state index contributed by atoms with van der Waals surface area (Å²) in [5.41, 5.74) is 1.92. The van der Waals surface area contributed by atoms with Gasteiger partial charge in [-0.15, -0.1) is 0 Å². The summed E-state index contributed by atoms with van der Waals surface area (Å²) >= 11 is 18.0. The molecular weight excluding hydrogens is 252 g/mol. The smallest absolute Gasteiger partial charge is 0.0679 e. The van der Waals surface area contributed by atoms with Gasteiger partial charge in [-0.1, -0.05) is 46.5 Å². The molecule has 1 rings (SSSR count). The van der Waals surface area contributed by atoms with Crippen molar-refractivity contribution in [3.05, 3.63) is 38.3 Å². The number of hydrogen-bond donors (Lipinski definition) is 1. The van der Waals surface area contributed by atoms with Gasteiger partial charge in [0, 0.05) is 17.1 Å². The molecular formula is C11H12Cl3N. The zero-order chi connectivity index (χ0) is 11.4. The van der Waals surface area contributed by atoms with Gasteiger partial charge in [-0.2, -0.15) is 0 Å². The van der Waals surface area contributed by atoms with E-state index in [1.54, 1.807) is 12.1 Å². The molecule has 1 nitrogen and oxygen atoms in total. The van der Waals surface area contributed by atoms with Crippen LogP contribution >= 0.6 is 34.8 Å². The van der Waals surface area contributed by atoms with Gasteiger partial charge in [0.1, 0.15) is 0 Å². The lowest BCUT2D eigenvalue weighted by atomic mass is 10.1. The molecule has 0 saturated heterocycles. The van der Waals surface area contributed by atoms with Crippen LogP contribution in [-0.2, 0) is 0 Å². The Bertz CT molecular complexity index is 386.